The molecule has 1 aromatic carbocycles. The molecule has 0 saturated carbocycles. The monoisotopic (exact) mass is 244 g/mol. The summed E-state index contributed by atoms with van der Waals surface area (Å²) in [6.45, 7) is 3.73. The molecule has 0 radical (unpaired) electrons. The SMILES string of the molecule is CC(C)(O)Cn1cc(-c2ccccc2)nc1C=O. The molecule has 0 unspecified atom stereocenters. The Labute approximate surface area is 106 Å². The Morgan fingerprint density at radius 3 is 2.56 bits per heavy atom. The molecule has 0 amide bonds. The Hall–Kier alpha value is -1.94. The Bertz CT molecular complexity index is 539. The van der Waals surface area contributed by atoms with Crippen LogP contribution in [-0.4, -0.2) is 26.5 Å². The molecule has 1 N–H and O–H groups in total. The van der Waals surface area contributed by atoms with Gasteiger partial charge in [-0.2, -0.15) is 0 Å². The number of carbonyl (C=O) groups excluding carboxylic acids is 1. The van der Waals surface area contributed by atoms with Crippen molar-refractivity contribution in [2.75, 3.05) is 0 Å². The molecule has 0 spiro atoms. The van der Waals surface area contributed by atoms with Gasteiger partial charge in [-0.25, -0.2) is 4.98 Å². The summed E-state index contributed by atoms with van der Waals surface area (Å²) in [5.41, 5.74) is 0.809. The van der Waals surface area contributed by atoms with E-state index in [2.05, 4.69) is 4.98 Å². The minimum atomic E-state index is -0.883. The first kappa shape index (κ1) is 12.5. The van der Waals surface area contributed by atoms with Crippen LogP contribution in [0.2, 0.25) is 0 Å². The van der Waals surface area contributed by atoms with Crippen molar-refractivity contribution in [2.45, 2.75) is 26.0 Å². The first-order valence-corrected chi connectivity index (χ1v) is 5.80. The van der Waals surface area contributed by atoms with Crippen LogP contribution in [0.25, 0.3) is 11.3 Å². The zero-order valence-corrected chi connectivity index (χ0v) is 10.5. The second-order valence-electron chi connectivity index (χ2n) is 4.91. The Kier molecular flexibility index (Phi) is 3.30. The normalized spacial score (nSPS) is 11.5. The van der Waals surface area contributed by atoms with Gasteiger partial charge in [-0.3, -0.25) is 4.79 Å². The number of aldehydes is 1. The van der Waals surface area contributed by atoms with Gasteiger partial charge in [-0.05, 0) is 13.8 Å². The van der Waals surface area contributed by atoms with E-state index in [4.69, 9.17) is 0 Å². The van der Waals surface area contributed by atoms with E-state index in [9.17, 15) is 9.90 Å². The van der Waals surface area contributed by atoms with E-state index in [1.807, 2.05) is 30.3 Å². The van der Waals surface area contributed by atoms with Gasteiger partial charge >= 0.3 is 0 Å². The van der Waals surface area contributed by atoms with E-state index in [1.165, 1.54) is 0 Å². The fraction of sp³-hybridized carbons (Fsp3) is 0.286. The maximum Gasteiger partial charge on any atom is 0.185 e. The molecule has 0 aliphatic carbocycles. The van der Waals surface area contributed by atoms with Gasteiger partial charge in [0.25, 0.3) is 0 Å². The number of nitrogens with zero attached hydrogens (tertiary/aromatic N) is 2. The van der Waals surface area contributed by atoms with Crippen LogP contribution < -0.4 is 0 Å². The molecule has 0 aliphatic heterocycles. The molecule has 0 fully saturated rings. The summed E-state index contributed by atoms with van der Waals surface area (Å²) < 4.78 is 1.68. The largest absolute Gasteiger partial charge is 0.389 e. The van der Waals surface area contributed by atoms with Gasteiger partial charge in [0.05, 0.1) is 17.8 Å². The third kappa shape index (κ3) is 2.84. The Balaban J connectivity index is 2.38. The fourth-order valence-electron chi connectivity index (χ4n) is 1.82. The van der Waals surface area contributed by atoms with Gasteiger partial charge < -0.3 is 9.67 Å². The Morgan fingerprint density at radius 2 is 2.00 bits per heavy atom. The van der Waals surface area contributed by atoms with Crippen LogP contribution in [0.5, 0.6) is 0 Å². The summed E-state index contributed by atoms with van der Waals surface area (Å²) in [5, 5.41) is 9.81. The molecular formula is C14H16N2O2. The van der Waals surface area contributed by atoms with Crippen molar-refractivity contribution in [3.05, 3.63) is 42.4 Å². The van der Waals surface area contributed by atoms with Crippen LogP contribution in [0.3, 0.4) is 0 Å². The lowest BCUT2D eigenvalue weighted by Crippen LogP contribution is -2.26. The van der Waals surface area contributed by atoms with Crippen molar-refractivity contribution in [3.63, 3.8) is 0 Å². The van der Waals surface area contributed by atoms with Crippen LogP contribution in [0.1, 0.15) is 24.5 Å². The topological polar surface area (TPSA) is 55.1 Å². The van der Waals surface area contributed by atoms with E-state index in [0.29, 0.717) is 18.7 Å². The van der Waals surface area contributed by atoms with E-state index in [1.54, 1.807) is 24.6 Å². The molecule has 0 atom stereocenters. The highest BCUT2D eigenvalue weighted by atomic mass is 16.3. The number of benzene rings is 1. The first-order chi connectivity index (χ1) is 8.49. The molecule has 94 valence electrons. The summed E-state index contributed by atoms with van der Waals surface area (Å²) in [7, 11) is 0. The third-order valence-electron chi connectivity index (χ3n) is 2.54. The van der Waals surface area contributed by atoms with Crippen LogP contribution >= 0.6 is 0 Å². The van der Waals surface area contributed by atoms with Gasteiger partial charge in [-0.1, -0.05) is 30.3 Å². The van der Waals surface area contributed by atoms with Gasteiger partial charge in [0.15, 0.2) is 12.1 Å². The molecule has 18 heavy (non-hydrogen) atoms. The molecular weight excluding hydrogens is 228 g/mol. The lowest BCUT2D eigenvalue weighted by atomic mass is 10.1. The zero-order valence-electron chi connectivity index (χ0n) is 10.5. The maximum atomic E-state index is 11.0. The van der Waals surface area contributed by atoms with Crippen LogP contribution in [-0.2, 0) is 6.54 Å². The number of imidazole rings is 1. The van der Waals surface area contributed by atoms with Gasteiger partial charge in [0, 0.05) is 11.8 Å². The predicted molar refractivity (Wildman–Crippen MR) is 69.3 cm³/mol. The van der Waals surface area contributed by atoms with E-state index >= 15 is 0 Å². The van der Waals surface area contributed by atoms with Crippen molar-refractivity contribution in [3.8, 4) is 11.3 Å². The highest BCUT2D eigenvalue weighted by Gasteiger charge is 2.17. The number of hydrogen-bond acceptors (Lipinski definition) is 3. The number of aromatic nitrogens is 2. The highest BCUT2D eigenvalue weighted by Crippen LogP contribution is 2.19. The van der Waals surface area contributed by atoms with Crippen LogP contribution in [0.15, 0.2) is 36.5 Å². The molecule has 2 rings (SSSR count). The minimum absolute atomic E-state index is 0.330. The van der Waals surface area contributed by atoms with E-state index in [0.717, 1.165) is 11.3 Å². The molecule has 2 aromatic rings. The number of carbonyl (C=O) groups is 1. The van der Waals surface area contributed by atoms with Gasteiger partial charge in [0.2, 0.25) is 0 Å². The second kappa shape index (κ2) is 4.74. The minimum Gasteiger partial charge on any atom is -0.389 e. The van der Waals surface area contributed by atoms with Crippen LogP contribution in [0, 0.1) is 0 Å². The summed E-state index contributed by atoms with van der Waals surface area (Å²) in [6.07, 6.45) is 2.50. The van der Waals surface area contributed by atoms with Crippen molar-refractivity contribution in [2.24, 2.45) is 0 Å². The van der Waals surface area contributed by atoms with Crippen molar-refractivity contribution in [1.29, 1.82) is 0 Å². The first-order valence-electron chi connectivity index (χ1n) is 5.80. The average Bonchev–Trinajstić information content (AvgIpc) is 2.71. The lowest BCUT2D eigenvalue weighted by molar-refractivity contribution is 0.0607. The summed E-state index contributed by atoms with van der Waals surface area (Å²) in [4.78, 5) is 15.3. The zero-order chi connectivity index (χ0) is 13.2. The van der Waals surface area contributed by atoms with E-state index in [-0.39, 0.29) is 0 Å². The predicted octanol–water partition coefficient (Wildman–Crippen LogP) is 2.13. The molecule has 0 saturated heterocycles. The summed E-state index contributed by atoms with van der Waals surface area (Å²) in [6, 6.07) is 9.64. The number of rotatable bonds is 4. The molecule has 4 heteroatoms. The smallest absolute Gasteiger partial charge is 0.185 e. The standard InChI is InChI=1S/C14H16N2O2/c1-14(2,18)10-16-8-12(15-13(16)9-17)11-6-4-3-5-7-11/h3-9,18H,10H2,1-2H3. The summed E-state index contributed by atoms with van der Waals surface area (Å²) in [5.74, 6) is 0.330. The van der Waals surface area contributed by atoms with Crippen molar-refractivity contribution < 1.29 is 9.90 Å². The van der Waals surface area contributed by atoms with Gasteiger partial charge in [0.1, 0.15) is 0 Å². The molecule has 1 aromatic heterocycles. The summed E-state index contributed by atoms with van der Waals surface area (Å²) >= 11 is 0. The second-order valence-corrected chi connectivity index (χ2v) is 4.91. The molecule has 4 nitrogen and oxygen atoms in total. The third-order valence-corrected chi connectivity index (χ3v) is 2.54. The molecule has 0 bridgehead atoms. The van der Waals surface area contributed by atoms with Crippen molar-refractivity contribution in [1.82, 2.24) is 9.55 Å². The molecule has 1 heterocycles. The Morgan fingerprint density at radius 1 is 1.33 bits per heavy atom. The highest BCUT2D eigenvalue weighted by molar-refractivity contribution is 5.72. The maximum absolute atomic E-state index is 11.0. The van der Waals surface area contributed by atoms with Gasteiger partial charge in [-0.15, -0.1) is 0 Å². The number of aliphatic hydroxyl groups is 1. The average molecular weight is 244 g/mol. The fourth-order valence-corrected chi connectivity index (χ4v) is 1.82. The van der Waals surface area contributed by atoms with Crippen molar-refractivity contribution >= 4 is 6.29 Å². The quantitative estimate of drug-likeness (QED) is 0.838. The van der Waals surface area contributed by atoms with E-state index < -0.39 is 5.60 Å². The lowest BCUT2D eigenvalue weighted by Gasteiger charge is -2.17. The number of hydrogen-bond donors (Lipinski definition) is 1. The molecule has 0 aliphatic rings. The van der Waals surface area contributed by atoms with Crippen LogP contribution in [0.4, 0.5) is 0 Å².